The molecular weight excluding hydrogens is 356 g/mol. The van der Waals surface area contributed by atoms with E-state index < -0.39 is 0 Å². The molecule has 1 aromatic carbocycles. The number of piperidine rings is 1. The molecule has 0 saturated carbocycles. The maximum atomic E-state index is 12.8. The summed E-state index contributed by atoms with van der Waals surface area (Å²) in [5.74, 6) is -0.729. The molecule has 0 aromatic heterocycles. The number of esters is 1. The fourth-order valence-corrected chi connectivity index (χ4v) is 3.80. The Labute approximate surface area is 158 Å². The van der Waals surface area contributed by atoms with Crippen molar-refractivity contribution in [2.45, 2.75) is 26.2 Å². The van der Waals surface area contributed by atoms with Crippen molar-refractivity contribution in [2.24, 2.45) is 11.8 Å². The second kappa shape index (κ2) is 8.08. The first-order chi connectivity index (χ1) is 12.5. The predicted octanol–water partition coefficient (Wildman–Crippen LogP) is 2.49. The van der Waals surface area contributed by atoms with Crippen LogP contribution >= 0.6 is 11.6 Å². The number of carbonyl (C=O) groups is 3. The zero-order valence-corrected chi connectivity index (χ0v) is 15.6. The number of ether oxygens (including phenoxy) is 1. The lowest BCUT2D eigenvalue weighted by molar-refractivity contribution is -0.151. The minimum Gasteiger partial charge on any atom is -0.466 e. The molecule has 7 heteroatoms. The third-order valence-electron chi connectivity index (χ3n) is 5.02. The maximum Gasteiger partial charge on any atom is 0.309 e. The van der Waals surface area contributed by atoms with E-state index in [-0.39, 0.29) is 36.0 Å². The summed E-state index contributed by atoms with van der Waals surface area (Å²) in [5, 5.41) is 0.561. The fraction of sp³-hybridized carbons (Fsp3) is 0.526. The van der Waals surface area contributed by atoms with Gasteiger partial charge >= 0.3 is 5.97 Å². The third kappa shape index (κ3) is 4.01. The molecular formula is C19H23ClN2O4. The quantitative estimate of drug-likeness (QED) is 0.755. The molecule has 2 aliphatic rings. The number of hydrogen-bond donors (Lipinski definition) is 0. The zero-order valence-electron chi connectivity index (χ0n) is 14.8. The first kappa shape index (κ1) is 18.7. The van der Waals surface area contributed by atoms with Crippen molar-refractivity contribution < 1.29 is 19.1 Å². The van der Waals surface area contributed by atoms with E-state index >= 15 is 0 Å². The van der Waals surface area contributed by atoms with Crippen LogP contribution in [0.25, 0.3) is 0 Å². The van der Waals surface area contributed by atoms with Gasteiger partial charge in [-0.25, -0.2) is 0 Å². The first-order valence-electron chi connectivity index (χ1n) is 9.01. The maximum absolute atomic E-state index is 12.8. The third-order valence-corrected chi connectivity index (χ3v) is 5.26. The lowest BCUT2D eigenvalue weighted by Crippen LogP contribution is -2.44. The van der Waals surface area contributed by atoms with E-state index in [1.165, 1.54) is 0 Å². The van der Waals surface area contributed by atoms with Gasteiger partial charge in [-0.1, -0.05) is 17.7 Å². The SMILES string of the molecule is CCOC(=O)C1CCN(C(=O)[C@H]2CC(=O)N(c3cccc(Cl)c3)C2)CC1. The summed E-state index contributed by atoms with van der Waals surface area (Å²) in [6, 6.07) is 7.10. The summed E-state index contributed by atoms with van der Waals surface area (Å²) in [6.07, 6.45) is 1.44. The highest BCUT2D eigenvalue weighted by Gasteiger charge is 2.38. The number of likely N-dealkylation sites (tertiary alicyclic amines) is 1. The Hall–Kier alpha value is -2.08. The van der Waals surface area contributed by atoms with Crippen LogP contribution in [0, 0.1) is 11.8 Å². The molecule has 3 rings (SSSR count). The Bertz CT molecular complexity index is 701. The molecule has 2 saturated heterocycles. The Morgan fingerprint density at radius 3 is 2.62 bits per heavy atom. The molecule has 6 nitrogen and oxygen atoms in total. The van der Waals surface area contributed by atoms with E-state index in [0.29, 0.717) is 44.1 Å². The van der Waals surface area contributed by atoms with Gasteiger partial charge in [-0.2, -0.15) is 0 Å². The monoisotopic (exact) mass is 378 g/mol. The molecule has 140 valence electrons. The van der Waals surface area contributed by atoms with E-state index in [1.54, 1.807) is 34.9 Å². The van der Waals surface area contributed by atoms with Crippen molar-refractivity contribution in [1.82, 2.24) is 4.90 Å². The summed E-state index contributed by atoms with van der Waals surface area (Å²) < 4.78 is 5.06. The van der Waals surface area contributed by atoms with Gasteiger partial charge in [0.2, 0.25) is 11.8 Å². The Morgan fingerprint density at radius 2 is 1.96 bits per heavy atom. The van der Waals surface area contributed by atoms with Gasteiger partial charge in [-0.05, 0) is 38.0 Å². The van der Waals surface area contributed by atoms with Crippen molar-refractivity contribution in [3.63, 3.8) is 0 Å². The Morgan fingerprint density at radius 1 is 1.23 bits per heavy atom. The highest BCUT2D eigenvalue weighted by Crippen LogP contribution is 2.29. The molecule has 26 heavy (non-hydrogen) atoms. The van der Waals surface area contributed by atoms with Crippen LogP contribution < -0.4 is 4.90 Å². The summed E-state index contributed by atoms with van der Waals surface area (Å²) in [4.78, 5) is 40.4. The molecule has 0 spiro atoms. The summed E-state index contributed by atoms with van der Waals surface area (Å²) in [6.45, 7) is 3.60. The van der Waals surface area contributed by atoms with E-state index in [1.807, 2.05) is 6.07 Å². The van der Waals surface area contributed by atoms with Gasteiger partial charge in [-0.15, -0.1) is 0 Å². The molecule has 2 fully saturated rings. The largest absolute Gasteiger partial charge is 0.466 e. The molecule has 1 atom stereocenters. The van der Waals surface area contributed by atoms with E-state index in [9.17, 15) is 14.4 Å². The average molecular weight is 379 g/mol. The highest BCUT2D eigenvalue weighted by atomic mass is 35.5. The second-order valence-electron chi connectivity index (χ2n) is 6.74. The smallest absolute Gasteiger partial charge is 0.309 e. The predicted molar refractivity (Wildman–Crippen MR) is 97.8 cm³/mol. The summed E-state index contributed by atoms with van der Waals surface area (Å²) >= 11 is 6.00. The highest BCUT2D eigenvalue weighted by molar-refractivity contribution is 6.31. The number of hydrogen-bond acceptors (Lipinski definition) is 4. The zero-order chi connectivity index (χ0) is 18.7. The van der Waals surface area contributed by atoms with Crippen LogP contribution in [0.4, 0.5) is 5.69 Å². The van der Waals surface area contributed by atoms with E-state index in [0.717, 1.165) is 5.69 Å². The molecule has 1 aromatic rings. The van der Waals surface area contributed by atoms with Gasteiger partial charge < -0.3 is 14.5 Å². The summed E-state index contributed by atoms with van der Waals surface area (Å²) in [7, 11) is 0. The van der Waals surface area contributed by atoms with Gasteiger partial charge in [0.05, 0.1) is 18.4 Å². The second-order valence-corrected chi connectivity index (χ2v) is 7.17. The number of nitrogens with zero attached hydrogens (tertiary/aromatic N) is 2. The number of anilines is 1. The van der Waals surface area contributed by atoms with Crippen molar-refractivity contribution in [3.05, 3.63) is 29.3 Å². The van der Waals surface area contributed by atoms with E-state index in [2.05, 4.69) is 0 Å². The number of rotatable bonds is 4. The Balaban J connectivity index is 1.58. The standard InChI is InChI=1S/C19H23ClN2O4/c1-2-26-19(25)13-6-8-21(9-7-13)18(24)14-10-17(23)22(12-14)16-5-3-4-15(20)11-16/h3-5,11,13-14H,2,6-10,12H2,1H3/t14-/m0/s1. The first-order valence-corrected chi connectivity index (χ1v) is 9.38. The van der Waals surface area contributed by atoms with Crippen LogP contribution in [-0.2, 0) is 19.1 Å². The molecule has 0 N–H and O–H groups in total. The average Bonchev–Trinajstić information content (AvgIpc) is 3.03. The van der Waals surface area contributed by atoms with Crippen molar-refractivity contribution in [2.75, 3.05) is 31.1 Å². The number of amides is 2. The van der Waals surface area contributed by atoms with Gasteiger partial charge in [0.1, 0.15) is 0 Å². The van der Waals surface area contributed by atoms with Gasteiger partial charge in [0, 0.05) is 36.8 Å². The number of halogens is 1. The van der Waals surface area contributed by atoms with Gasteiger partial charge in [0.15, 0.2) is 0 Å². The molecule has 2 heterocycles. The molecule has 0 unspecified atom stereocenters. The molecule has 2 amide bonds. The van der Waals surface area contributed by atoms with E-state index in [4.69, 9.17) is 16.3 Å². The number of benzene rings is 1. The van der Waals surface area contributed by atoms with Crippen LogP contribution in [0.2, 0.25) is 5.02 Å². The van der Waals surface area contributed by atoms with Gasteiger partial charge in [-0.3, -0.25) is 14.4 Å². The van der Waals surface area contributed by atoms with Crippen molar-refractivity contribution in [3.8, 4) is 0 Å². The lowest BCUT2D eigenvalue weighted by atomic mass is 9.95. The normalized spacial score (nSPS) is 21.2. The van der Waals surface area contributed by atoms with Gasteiger partial charge in [0.25, 0.3) is 0 Å². The summed E-state index contributed by atoms with van der Waals surface area (Å²) in [5.41, 5.74) is 0.721. The minimum absolute atomic E-state index is 0.00909. The van der Waals surface area contributed by atoms with Crippen molar-refractivity contribution >= 4 is 35.1 Å². The van der Waals surface area contributed by atoms with Crippen LogP contribution in [-0.4, -0.2) is 48.9 Å². The molecule has 0 bridgehead atoms. The van der Waals surface area contributed by atoms with Crippen LogP contribution in [0.1, 0.15) is 26.2 Å². The van der Waals surface area contributed by atoms with Crippen LogP contribution in [0.3, 0.4) is 0 Å². The van der Waals surface area contributed by atoms with Crippen LogP contribution in [0.5, 0.6) is 0 Å². The number of carbonyl (C=O) groups excluding carboxylic acids is 3. The molecule has 0 aliphatic carbocycles. The lowest BCUT2D eigenvalue weighted by Gasteiger charge is -2.32. The fourth-order valence-electron chi connectivity index (χ4n) is 3.62. The van der Waals surface area contributed by atoms with Crippen molar-refractivity contribution in [1.29, 1.82) is 0 Å². The van der Waals surface area contributed by atoms with Crippen LogP contribution in [0.15, 0.2) is 24.3 Å². The molecule has 0 radical (unpaired) electrons. The topological polar surface area (TPSA) is 66.9 Å². The molecule has 2 aliphatic heterocycles. The Kier molecular flexibility index (Phi) is 5.81. The minimum atomic E-state index is -0.347.